The van der Waals surface area contributed by atoms with Gasteiger partial charge in [0.1, 0.15) is 11.4 Å². The molecule has 1 amide bonds. The first kappa shape index (κ1) is 17.1. The highest BCUT2D eigenvalue weighted by Crippen LogP contribution is 2.27. The van der Waals surface area contributed by atoms with Gasteiger partial charge in [0.15, 0.2) is 5.76 Å². The van der Waals surface area contributed by atoms with Crippen molar-refractivity contribution in [3.63, 3.8) is 0 Å². The molecule has 0 bridgehead atoms. The van der Waals surface area contributed by atoms with Crippen LogP contribution >= 0.6 is 0 Å². The van der Waals surface area contributed by atoms with Crippen LogP contribution in [0.15, 0.2) is 22.6 Å². The number of aryl methyl sites for hydroxylation is 1. The predicted octanol–water partition coefficient (Wildman–Crippen LogP) is 3.69. The molecule has 1 fully saturated rings. The third-order valence-electron chi connectivity index (χ3n) is 4.72. The molecule has 0 saturated heterocycles. The molecule has 1 heterocycles. The summed E-state index contributed by atoms with van der Waals surface area (Å²) in [7, 11) is -0.829. The molecule has 4 nitrogen and oxygen atoms in total. The largest absolute Gasteiger partial charge is 0.451 e. The van der Waals surface area contributed by atoms with E-state index >= 15 is 0 Å². The van der Waals surface area contributed by atoms with E-state index in [2.05, 4.69) is 5.32 Å². The maximum absolute atomic E-state index is 13.4. The van der Waals surface area contributed by atoms with E-state index in [-0.39, 0.29) is 28.8 Å². The van der Waals surface area contributed by atoms with Crippen molar-refractivity contribution in [1.82, 2.24) is 5.32 Å². The van der Waals surface area contributed by atoms with Gasteiger partial charge in [-0.05, 0) is 44.4 Å². The smallest absolute Gasteiger partial charge is 0.287 e. The molecule has 1 aliphatic rings. The summed E-state index contributed by atoms with van der Waals surface area (Å²) in [6, 6.07) is 4.25. The Kier molecular flexibility index (Phi) is 5.04. The Morgan fingerprint density at radius 2 is 2.21 bits per heavy atom. The van der Waals surface area contributed by atoms with Crippen LogP contribution in [-0.4, -0.2) is 27.2 Å². The number of carbonyl (C=O) groups excluding carboxylic acids is 1. The molecule has 1 aromatic carbocycles. The molecule has 24 heavy (non-hydrogen) atoms. The zero-order valence-electron chi connectivity index (χ0n) is 13.9. The minimum Gasteiger partial charge on any atom is -0.451 e. The van der Waals surface area contributed by atoms with Crippen LogP contribution in [0.2, 0.25) is 0 Å². The van der Waals surface area contributed by atoms with E-state index in [0.29, 0.717) is 22.3 Å². The Morgan fingerprint density at radius 3 is 2.96 bits per heavy atom. The molecule has 1 aliphatic carbocycles. The number of rotatable bonds is 4. The van der Waals surface area contributed by atoms with Crippen molar-refractivity contribution in [2.24, 2.45) is 0 Å². The third kappa shape index (κ3) is 3.38. The number of carbonyl (C=O) groups is 1. The SMILES string of the molecule is CCS(=O)C1CCCC(NC(=O)c2oc3ccc(F)cc3c2C)C1. The lowest BCUT2D eigenvalue weighted by Crippen LogP contribution is -2.41. The fourth-order valence-electron chi connectivity index (χ4n) is 3.41. The van der Waals surface area contributed by atoms with E-state index in [0.717, 1.165) is 25.7 Å². The second-order valence-electron chi connectivity index (χ2n) is 6.33. The molecule has 130 valence electrons. The topological polar surface area (TPSA) is 59.3 Å². The van der Waals surface area contributed by atoms with Gasteiger partial charge in [0.05, 0.1) is 0 Å². The summed E-state index contributed by atoms with van der Waals surface area (Å²) in [5, 5.41) is 3.77. The molecule has 1 aromatic heterocycles. The van der Waals surface area contributed by atoms with Crippen molar-refractivity contribution >= 4 is 27.7 Å². The minimum absolute atomic E-state index is 0.0103. The number of nitrogens with one attached hydrogen (secondary N) is 1. The number of amides is 1. The van der Waals surface area contributed by atoms with Crippen LogP contribution in [0.3, 0.4) is 0 Å². The van der Waals surface area contributed by atoms with E-state index in [4.69, 9.17) is 4.42 Å². The average molecular weight is 351 g/mol. The summed E-state index contributed by atoms with van der Waals surface area (Å²) < 4.78 is 31.0. The quantitative estimate of drug-likeness (QED) is 0.914. The Balaban J connectivity index is 1.75. The average Bonchev–Trinajstić information content (AvgIpc) is 2.91. The van der Waals surface area contributed by atoms with Crippen molar-refractivity contribution in [2.75, 3.05) is 5.75 Å². The van der Waals surface area contributed by atoms with Crippen LogP contribution in [0.5, 0.6) is 0 Å². The monoisotopic (exact) mass is 351 g/mol. The van der Waals surface area contributed by atoms with Gasteiger partial charge in [-0.1, -0.05) is 13.3 Å². The molecule has 0 spiro atoms. The van der Waals surface area contributed by atoms with Crippen LogP contribution in [0.4, 0.5) is 4.39 Å². The first-order chi connectivity index (χ1) is 11.5. The normalized spacial score (nSPS) is 22.5. The van der Waals surface area contributed by atoms with Crippen molar-refractivity contribution < 1.29 is 17.8 Å². The molecule has 0 aliphatic heterocycles. The summed E-state index contributed by atoms with van der Waals surface area (Å²) in [4.78, 5) is 12.6. The van der Waals surface area contributed by atoms with E-state index in [1.165, 1.54) is 18.2 Å². The van der Waals surface area contributed by atoms with Crippen molar-refractivity contribution in [2.45, 2.75) is 50.8 Å². The molecular formula is C18H22FNO3S. The van der Waals surface area contributed by atoms with E-state index < -0.39 is 10.8 Å². The molecule has 0 radical (unpaired) electrons. The number of halogens is 1. The summed E-state index contributed by atoms with van der Waals surface area (Å²) >= 11 is 0. The first-order valence-electron chi connectivity index (χ1n) is 8.36. The maximum Gasteiger partial charge on any atom is 0.287 e. The number of hydrogen-bond donors (Lipinski definition) is 1. The first-order valence-corrected chi connectivity index (χ1v) is 9.74. The predicted molar refractivity (Wildman–Crippen MR) is 93.1 cm³/mol. The molecule has 6 heteroatoms. The Labute approximate surface area is 143 Å². The molecule has 1 N–H and O–H groups in total. The lowest BCUT2D eigenvalue weighted by Gasteiger charge is -2.28. The van der Waals surface area contributed by atoms with Crippen molar-refractivity contribution in [1.29, 1.82) is 0 Å². The summed E-state index contributed by atoms with van der Waals surface area (Å²) in [5.74, 6) is 0.251. The zero-order chi connectivity index (χ0) is 17.3. The van der Waals surface area contributed by atoms with E-state index in [9.17, 15) is 13.4 Å². The Hall–Kier alpha value is -1.69. The van der Waals surface area contributed by atoms with Gasteiger partial charge in [-0.25, -0.2) is 4.39 Å². The zero-order valence-corrected chi connectivity index (χ0v) is 14.7. The van der Waals surface area contributed by atoms with Gasteiger partial charge in [-0.2, -0.15) is 0 Å². The fourth-order valence-corrected chi connectivity index (χ4v) is 4.76. The lowest BCUT2D eigenvalue weighted by molar-refractivity contribution is 0.0901. The number of benzene rings is 1. The highest BCUT2D eigenvalue weighted by Gasteiger charge is 2.28. The van der Waals surface area contributed by atoms with Crippen LogP contribution in [0, 0.1) is 12.7 Å². The van der Waals surface area contributed by atoms with Crippen LogP contribution in [0.25, 0.3) is 11.0 Å². The number of hydrogen-bond acceptors (Lipinski definition) is 3. The molecule has 3 atom stereocenters. The maximum atomic E-state index is 13.4. The Morgan fingerprint density at radius 1 is 1.42 bits per heavy atom. The highest BCUT2D eigenvalue weighted by molar-refractivity contribution is 7.85. The second kappa shape index (κ2) is 7.05. The van der Waals surface area contributed by atoms with Gasteiger partial charge < -0.3 is 9.73 Å². The van der Waals surface area contributed by atoms with Crippen LogP contribution in [0.1, 0.15) is 48.7 Å². The van der Waals surface area contributed by atoms with Gasteiger partial charge in [0.2, 0.25) is 0 Å². The Bertz CT molecular complexity index is 786. The van der Waals surface area contributed by atoms with Crippen LogP contribution < -0.4 is 5.32 Å². The van der Waals surface area contributed by atoms with Gasteiger partial charge >= 0.3 is 0 Å². The van der Waals surface area contributed by atoms with Gasteiger partial charge in [-0.3, -0.25) is 9.00 Å². The summed E-state index contributed by atoms with van der Waals surface area (Å²) in [6.45, 7) is 3.69. The van der Waals surface area contributed by atoms with Crippen molar-refractivity contribution in [3.05, 3.63) is 35.3 Å². The van der Waals surface area contributed by atoms with E-state index in [1.54, 1.807) is 6.92 Å². The lowest BCUT2D eigenvalue weighted by atomic mass is 9.95. The van der Waals surface area contributed by atoms with Crippen molar-refractivity contribution in [3.8, 4) is 0 Å². The fraction of sp³-hybridized carbons (Fsp3) is 0.500. The number of furan rings is 1. The molecule has 1 saturated carbocycles. The highest BCUT2D eigenvalue weighted by atomic mass is 32.2. The molecule has 3 rings (SSSR count). The van der Waals surface area contributed by atoms with Gasteiger partial charge in [0.25, 0.3) is 5.91 Å². The third-order valence-corrected chi connectivity index (χ3v) is 6.46. The van der Waals surface area contributed by atoms with Gasteiger partial charge in [0, 0.05) is 38.8 Å². The summed E-state index contributed by atoms with van der Waals surface area (Å²) in [6.07, 6.45) is 3.54. The van der Waals surface area contributed by atoms with Crippen LogP contribution in [-0.2, 0) is 10.8 Å². The molecule has 3 unspecified atom stereocenters. The summed E-state index contributed by atoms with van der Waals surface area (Å²) in [5.41, 5.74) is 1.15. The van der Waals surface area contributed by atoms with E-state index in [1.807, 2.05) is 6.92 Å². The molecular weight excluding hydrogens is 329 g/mol. The minimum atomic E-state index is -0.829. The number of fused-ring (bicyclic) bond motifs is 1. The van der Waals surface area contributed by atoms with Gasteiger partial charge in [-0.15, -0.1) is 0 Å². The molecule has 2 aromatic rings. The standard InChI is InChI=1S/C18H22FNO3S/c1-3-24(22)14-6-4-5-13(10-14)20-18(21)17-11(2)15-9-12(19)7-8-16(15)23-17/h7-9,13-14H,3-6,10H2,1-2H3,(H,20,21). The second-order valence-corrected chi connectivity index (χ2v) is 8.33.